The van der Waals surface area contributed by atoms with Gasteiger partial charge in [0.15, 0.2) is 5.17 Å². The highest BCUT2D eigenvalue weighted by molar-refractivity contribution is 8.15. The normalized spacial score (nSPS) is 22.6. The smallest absolute Gasteiger partial charge is 0.191 e. The van der Waals surface area contributed by atoms with Gasteiger partial charge in [0.25, 0.3) is 0 Å². The highest BCUT2D eigenvalue weighted by Crippen LogP contribution is 2.22. The maximum atomic E-state index is 4.27. The molecule has 0 aromatic heterocycles. The second-order valence-electron chi connectivity index (χ2n) is 4.28. The van der Waals surface area contributed by atoms with Crippen LogP contribution in [0.1, 0.15) is 27.7 Å². The average Bonchev–Trinajstić information content (AvgIpc) is 2.60. The van der Waals surface area contributed by atoms with Gasteiger partial charge in [0.1, 0.15) is 5.84 Å². The zero-order chi connectivity index (χ0) is 12.1. The van der Waals surface area contributed by atoms with Crippen LogP contribution in [-0.4, -0.2) is 41.0 Å². The van der Waals surface area contributed by atoms with Crippen LogP contribution in [0.2, 0.25) is 0 Å². The first-order valence-corrected chi connectivity index (χ1v) is 6.53. The van der Waals surface area contributed by atoms with E-state index in [0.29, 0.717) is 12.0 Å². The Morgan fingerprint density at radius 1 is 1.31 bits per heavy atom. The molecule has 0 bridgehead atoms. The average molecular weight is 240 g/mol. The number of hydrogen-bond donors (Lipinski definition) is 0. The van der Waals surface area contributed by atoms with Gasteiger partial charge in [-0.2, -0.15) is 5.10 Å². The zero-order valence-electron chi connectivity index (χ0n) is 10.6. The third-order valence-electron chi connectivity index (χ3n) is 2.10. The molecule has 90 valence electrons. The van der Waals surface area contributed by atoms with Gasteiger partial charge in [-0.05, 0) is 19.8 Å². The SMILES string of the molecule is C/N=C1/CS/C(=N\N=C\C(C)C)N1C(C)C. The summed E-state index contributed by atoms with van der Waals surface area (Å²) in [6.45, 7) is 8.45. The van der Waals surface area contributed by atoms with Crippen LogP contribution in [0.5, 0.6) is 0 Å². The molecule has 4 nitrogen and oxygen atoms in total. The van der Waals surface area contributed by atoms with E-state index in [-0.39, 0.29) is 0 Å². The van der Waals surface area contributed by atoms with Gasteiger partial charge in [-0.1, -0.05) is 25.6 Å². The molecule has 1 saturated heterocycles. The molecule has 0 N–H and O–H groups in total. The number of rotatable bonds is 3. The van der Waals surface area contributed by atoms with Gasteiger partial charge >= 0.3 is 0 Å². The molecule has 1 heterocycles. The summed E-state index contributed by atoms with van der Waals surface area (Å²) in [7, 11) is 1.82. The first-order chi connectivity index (χ1) is 7.56. The Morgan fingerprint density at radius 2 is 2.00 bits per heavy atom. The fourth-order valence-electron chi connectivity index (χ4n) is 1.36. The number of nitrogens with zero attached hydrogens (tertiary/aromatic N) is 4. The van der Waals surface area contributed by atoms with Gasteiger partial charge in [-0.3, -0.25) is 4.99 Å². The summed E-state index contributed by atoms with van der Waals surface area (Å²) in [6.07, 6.45) is 1.85. The molecule has 0 amide bonds. The Bertz CT molecular complexity index is 318. The van der Waals surface area contributed by atoms with Crippen molar-refractivity contribution in [2.24, 2.45) is 21.1 Å². The molecule has 0 unspecified atom stereocenters. The summed E-state index contributed by atoms with van der Waals surface area (Å²) < 4.78 is 0. The molecule has 5 heteroatoms. The predicted octanol–water partition coefficient (Wildman–Crippen LogP) is 2.47. The second-order valence-corrected chi connectivity index (χ2v) is 5.23. The largest absolute Gasteiger partial charge is 0.305 e. The number of aliphatic imine (C=N–C) groups is 1. The molecule has 1 rings (SSSR count). The van der Waals surface area contributed by atoms with Gasteiger partial charge in [0.2, 0.25) is 0 Å². The molecule has 0 aliphatic carbocycles. The molecule has 0 spiro atoms. The lowest BCUT2D eigenvalue weighted by molar-refractivity contribution is 0.508. The van der Waals surface area contributed by atoms with E-state index < -0.39 is 0 Å². The van der Waals surface area contributed by atoms with Gasteiger partial charge in [0.05, 0.1) is 5.75 Å². The Morgan fingerprint density at radius 3 is 2.50 bits per heavy atom. The van der Waals surface area contributed by atoms with E-state index in [1.54, 1.807) is 11.8 Å². The Kier molecular flexibility index (Phi) is 4.99. The molecule has 1 aliphatic heterocycles. The van der Waals surface area contributed by atoms with Crippen molar-refractivity contribution >= 4 is 29.0 Å². The van der Waals surface area contributed by atoms with E-state index in [0.717, 1.165) is 16.8 Å². The fraction of sp³-hybridized carbons (Fsp3) is 0.727. The molecule has 1 fully saturated rings. The van der Waals surface area contributed by atoms with E-state index in [9.17, 15) is 0 Å². The van der Waals surface area contributed by atoms with Crippen molar-refractivity contribution in [3.63, 3.8) is 0 Å². The molecule has 16 heavy (non-hydrogen) atoms. The first kappa shape index (κ1) is 13.2. The third kappa shape index (κ3) is 3.33. The standard InChI is InChI=1S/C11H20N4S/c1-8(2)6-13-14-11-15(9(3)4)10(12-5)7-16-11/h6,8-9H,7H2,1-5H3/b12-10-,13-6+,14-11-. The number of hydrogen-bond acceptors (Lipinski definition) is 4. The fourth-order valence-corrected chi connectivity index (χ4v) is 2.45. The van der Waals surface area contributed by atoms with Crippen molar-refractivity contribution < 1.29 is 0 Å². The van der Waals surface area contributed by atoms with Crippen LogP contribution in [0.25, 0.3) is 0 Å². The number of amidine groups is 2. The highest BCUT2D eigenvalue weighted by atomic mass is 32.2. The lowest BCUT2D eigenvalue weighted by atomic mass is 10.3. The van der Waals surface area contributed by atoms with Gasteiger partial charge in [-0.25, -0.2) is 0 Å². The predicted molar refractivity (Wildman–Crippen MR) is 73.6 cm³/mol. The quantitative estimate of drug-likeness (QED) is 0.561. The lowest BCUT2D eigenvalue weighted by Gasteiger charge is -2.22. The summed E-state index contributed by atoms with van der Waals surface area (Å²) in [6, 6.07) is 0.377. The number of thioether (sulfide) groups is 1. The molecular weight excluding hydrogens is 220 g/mol. The van der Waals surface area contributed by atoms with Crippen LogP contribution in [0, 0.1) is 5.92 Å². The molecule has 0 atom stereocenters. The van der Waals surface area contributed by atoms with Crippen LogP contribution in [-0.2, 0) is 0 Å². The Balaban J connectivity index is 2.81. The zero-order valence-corrected chi connectivity index (χ0v) is 11.5. The van der Waals surface area contributed by atoms with Crippen molar-refractivity contribution in [3.8, 4) is 0 Å². The second kappa shape index (κ2) is 6.03. The lowest BCUT2D eigenvalue weighted by Crippen LogP contribution is -2.35. The van der Waals surface area contributed by atoms with Crippen molar-refractivity contribution in [3.05, 3.63) is 0 Å². The van der Waals surface area contributed by atoms with Crippen LogP contribution in [0.15, 0.2) is 15.2 Å². The van der Waals surface area contributed by atoms with Crippen LogP contribution >= 0.6 is 11.8 Å². The van der Waals surface area contributed by atoms with Gasteiger partial charge in [-0.15, -0.1) is 5.10 Å². The van der Waals surface area contributed by atoms with Gasteiger partial charge < -0.3 is 4.90 Å². The summed E-state index contributed by atoms with van der Waals surface area (Å²) in [4.78, 5) is 6.41. The van der Waals surface area contributed by atoms with Crippen LogP contribution < -0.4 is 0 Å². The van der Waals surface area contributed by atoms with E-state index in [4.69, 9.17) is 0 Å². The van der Waals surface area contributed by atoms with Crippen LogP contribution in [0.4, 0.5) is 0 Å². The molecule has 0 aromatic carbocycles. The van der Waals surface area contributed by atoms with Crippen molar-refractivity contribution in [1.29, 1.82) is 0 Å². The van der Waals surface area contributed by atoms with Crippen molar-refractivity contribution in [2.75, 3.05) is 12.8 Å². The molecule has 0 radical (unpaired) electrons. The highest BCUT2D eigenvalue weighted by Gasteiger charge is 2.28. The topological polar surface area (TPSA) is 40.3 Å². The molecule has 0 aromatic rings. The summed E-state index contributed by atoms with van der Waals surface area (Å²) >= 11 is 1.69. The molecule has 1 aliphatic rings. The van der Waals surface area contributed by atoms with Crippen LogP contribution in [0.3, 0.4) is 0 Å². The maximum Gasteiger partial charge on any atom is 0.191 e. The summed E-state index contributed by atoms with van der Waals surface area (Å²) in [5.74, 6) is 2.41. The first-order valence-electron chi connectivity index (χ1n) is 5.55. The minimum Gasteiger partial charge on any atom is -0.305 e. The van der Waals surface area contributed by atoms with Gasteiger partial charge in [0, 0.05) is 19.3 Å². The Labute approximate surface area is 102 Å². The van der Waals surface area contributed by atoms with E-state index in [1.807, 2.05) is 13.3 Å². The monoisotopic (exact) mass is 240 g/mol. The molecular formula is C11H20N4S. The maximum absolute atomic E-state index is 4.27. The van der Waals surface area contributed by atoms with Crippen molar-refractivity contribution in [1.82, 2.24) is 4.90 Å². The van der Waals surface area contributed by atoms with E-state index in [1.165, 1.54) is 0 Å². The Hall–Kier alpha value is -0.840. The third-order valence-corrected chi connectivity index (χ3v) is 3.04. The van der Waals surface area contributed by atoms with E-state index >= 15 is 0 Å². The van der Waals surface area contributed by atoms with E-state index in [2.05, 4.69) is 47.8 Å². The minimum absolute atomic E-state index is 0.377. The summed E-state index contributed by atoms with van der Waals surface area (Å²) in [5.41, 5.74) is 0. The van der Waals surface area contributed by atoms with Crippen molar-refractivity contribution in [2.45, 2.75) is 33.7 Å². The summed E-state index contributed by atoms with van der Waals surface area (Å²) in [5, 5.41) is 9.31. The molecule has 0 saturated carbocycles. The minimum atomic E-state index is 0.377.